The first-order valence-electron chi connectivity index (χ1n) is 7.96. The van der Waals surface area contributed by atoms with Crippen LogP contribution in [0, 0.1) is 0 Å². The fourth-order valence-corrected chi connectivity index (χ4v) is 2.45. The Balaban J connectivity index is 1.96. The van der Waals surface area contributed by atoms with Crippen LogP contribution in [0.25, 0.3) is 0 Å². The van der Waals surface area contributed by atoms with Crippen LogP contribution in [0.3, 0.4) is 0 Å². The van der Waals surface area contributed by atoms with Crippen LogP contribution in [0.4, 0.5) is 0 Å². The highest BCUT2D eigenvalue weighted by Gasteiger charge is 2.18. The van der Waals surface area contributed by atoms with E-state index in [1.807, 2.05) is 12.1 Å². The number of benzene rings is 2. The predicted molar refractivity (Wildman–Crippen MR) is 95.9 cm³/mol. The van der Waals surface area contributed by atoms with Gasteiger partial charge in [0.15, 0.2) is 6.61 Å². The molecule has 2 N–H and O–H groups in total. The van der Waals surface area contributed by atoms with Crippen LogP contribution in [0.2, 0.25) is 5.02 Å². The molecular weight excluding hydrogens is 342 g/mol. The number of hydrogen-bond donors (Lipinski definition) is 2. The molecule has 2 aromatic rings. The van der Waals surface area contributed by atoms with Gasteiger partial charge in [0.05, 0.1) is 12.5 Å². The lowest BCUT2D eigenvalue weighted by Gasteiger charge is -2.18. The molecule has 0 radical (unpaired) electrons. The predicted octanol–water partition coefficient (Wildman–Crippen LogP) is 3.61. The number of halogens is 1. The number of ether oxygens (including phenoxy) is 1. The molecule has 0 aliphatic carbocycles. The first kappa shape index (κ1) is 18.8. The SMILES string of the molecule is CCc1ccc(OCC(=O)NC(CC(=O)O)c2ccc(Cl)cc2)cc1. The molecule has 1 amide bonds. The molecule has 0 aliphatic heterocycles. The van der Waals surface area contributed by atoms with Crippen molar-refractivity contribution in [1.82, 2.24) is 5.32 Å². The van der Waals surface area contributed by atoms with Gasteiger partial charge < -0.3 is 15.2 Å². The second-order valence-corrected chi connectivity index (χ2v) is 5.99. The highest BCUT2D eigenvalue weighted by molar-refractivity contribution is 6.30. The highest BCUT2D eigenvalue weighted by Crippen LogP contribution is 2.19. The van der Waals surface area contributed by atoms with E-state index in [2.05, 4.69) is 12.2 Å². The zero-order valence-electron chi connectivity index (χ0n) is 13.9. The van der Waals surface area contributed by atoms with Crippen molar-refractivity contribution in [3.05, 3.63) is 64.7 Å². The molecule has 0 fully saturated rings. The summed E-state index contributed by atoms with van der Waals surface area (Å²) in [6.07, 6.45) is 0.706. The quantitative estimate of drug-likeness (QED) is 0.753. The van der Waals surface area contributed by atoms with Crippen molar-refractivity contribution >= 4 is 23.5 Å². The molecule has 2 rings (SSSR count). The second-order valence-electron chi connectivity index (χ2n) is 5.56. The summed E-state index contributed by atoms with van der Waals surface area (Å²) in [5.74, 6) is -0.800. The summed E-state index contributed by atoms with van der Waals surface area (Å²) in [6, 6.07) is 13.5. The van der Waals surface area contributed by atoms with Crippen LogP contribution in [0.1, 0.15) is 30.5 Å². The Morgan fingerprint density at radius 2 is 1.76 bits per heavy atom. The fraction of sp³-hybridized carbons (Fsp3) is 0.263. The van der Waals surface area contributed by atoms with Gasteiger partial charge in [0.1, 0.15) is 5.75 Å². The lowest BCUT2D eigenvalue weighted by atomic mass is 10.0. The molecule has 0 aromatic heterocycles. The maximum Gasteiger partial charge on any atom is 0.305 e. The van der Waals surface area contributed by atoms with Gasteiger partial charge in [-0.3, -0.25) is 9.59 Å². The molecule has 0 bridgehead atoms. The number of amides is 1. The Labute approximate surface area is 151 Å². The van der Waals surface area contributed by atoms with Crippen molar-refractivity contribution in [3.8, 4) is 5.75 Å². The number of hydrogen-bond acceptors (Lipinski definition) is 3. The van der Waals surface area contributed by atoms with Crippen molar-refractivity contribution in [2.24, 2.45) is 0 Å². The minimum absolute atomic E-state index is 0.185. The number of carbonyl (C=O) groups is 2. The van der Waals surface area contributed by atoms with Crippen molar-refractivity contribution in [2.75, 3.05) is 6.61 Å². The number of carboxylic acids is 1. The van der Waals surface area contributed by atoms with Crippen LogP contribution in [0.15, 0.2) is 48.5 Å². The molecule has 6 heteroatoms. The van der Waals surface area contributed by atoms with E-state index < -0.39 is 12.0 Å². The summed E-state index contributed by atoms with van der Waals surface area (Å²) in [5.41, 5.74) is 1.86. The van der Waals surface area contributed by atoms with Gasteiger partial charge >= 0.3 is 5.97 Å². The molecule has 1 atom stereocenters. The summed E-state index contributed by atoms with van der Waals surface area (Å²) >= 11 is 5.84. The largest absolute Gasteiger partial charge is 0.484 e. The van der Waals surface area contributed by atoms with Gasteiger partial charge in [0.2, 0.25) is 0 Å². The fourth-order valence-electron chi connectivity index (χ4n) is 2.33. The molecule has 2 aromatic carbocycles. The molecule has 0 saturated carbocycles. The molecular formula is C19H20ClNO4. The highest BCUT2D eigenvalue weighted by atomic mass is 35.5. The average Bonchev–Trinajstić information content (AvgIpc) is 2.60. The Kier molecular flexibility index (Phi) is 6.83. The Morgan fingerprint density at radius 1 is 1.12 bits per heavy atom. The first-order valence-corrected chi connectivity index (χ1v) is 8.34. The molecule has 132 valence electrons. The van der Waals surface area contributed by atoms with Crippen molar-refractivity contribution < 1.29 is 19.4 Å². The maximum absolute atomic E-state index is 12.1. The van der Waals surface area contributed by atoms with Gasteiger partial charge in [-0.2, -0.15) is 0 Å². The summed E-state index contributed by atoms with van der Waals surface area (Å²) in [4.78, 5) is 23.2. The topological polar surface area (TPSA) is 75.6 Å². The standard InChI is InChI=1S/C19H20ClNO4/c1-2-13-3-9-16(10-4-13)25-12-18(22)21-17(11-19(23)24)14-5-7-15(20)8-6-14/h3-10,17H,2,11-12H2,1H3,(H,21,22)(H,23,24). The zero-order valence-corrected chi connectivity index (χ0v) is 14.6. The van der Waals surface area contributed by atoms with Gasteiger partial charge in [-0.05, 0) is 41.8 Å². The lowest BCUT2D eigenvalue weighted by molar-refractivity contribution is -0.137. The van der Waals surface area contributed by atoms with E-state index in [4.69, 9.17) is 21.4 Å². The van der Waals surface area contributed by atoms with Crippen molar-refractivity contribution in [3.63, 3.8) is 0 Å². The smallest absolute Gasteiger partial charge is 0.305 e. The third-order valence-corrected chi connectivity index (χ3v) is 3.94. The third kappa shape index (κ3) is 6.12. The molecule has 5 nitrogen and oxygen atoms in total. The van der Waals surface area contributed by atoms with Gasteiger partial charge in [-0.1, -0.05) is 42.8 Å². The molecule has 25 heavy (non-hydrogen) atoms. The van der Waals surface area contributed by atoms with E-state index in [-0.39, 0.29) is 18.9 Å². The number of carboxylic acid groups (broad SMARTS) is 1. The summed E-state index contributed by atoms with van der Waals surface area (Å²) in [6.45, 7) is 1.87. The number of aryl methyl sites for hydroxylation is 1. The Bertz CT molecular complexity index is 713. The van der Waals surface area contributed by atoms with Crippen LogP contribution in [0.5, 0.6) is 5.75 Å². The Morgan fingerprint density at radius 3 is 2.32 bits per heavy atom. The lowest BCUT2D eigenvalue weighted by Crippen LogP contribution is -2.33. The van der Waals surface area contributed by atoms with E-state index in [1.54, 1.807) is 36.4 Å². The normalized spacial score (nSPS) is 11.6. The molecule has 0 heterocycles. The van der Waals surface area contributed by atoms with Gasteiger partial charge in [-0.15, -0.1) is 0 Å². The average molecular weight is 362 g/mol. The van der Waals surface area contributed by atoms with Crippen LogP contribution >= 0.6 is 11.6 Å². The van der Waals surface area contributed by atoms with E-state index in [1.165, 1.54) is 5.56 Å². The van der Waals surface area contributed by atoms with Crippen LogP contribution in [-0.2, 0) is 16.0 Å². The zero-order chi connectivity index (χ0) is 18.2. The number of carbonyl (C=O) groups excluding carboxylic acids is 1. The summed E-state index contributed by atoms with van der Waals surface area (Å²) in [7, 11) is 0. The van der Waals surface area contributed by atoms with Crippen molar-refractivity contribution in [1.29, 1.82) is 0 Å². The monoisotopic (exact) mass is 361 g/mol. The van der Waals surface area contributed by atoms with E-state index in [0.29, 0.717) is 16.3 Å². The van der Waals surface area contributed by atoms with Gasteiger partial charge in [0, 0.05) is 5.02 Å². The van der Waals surface area contributed by atoms with Crippen LogP contribution < -0.4 is 10.1 Å². The molecule has 0 aliphatic rings. The molecule has 0 saturated heterocycles. The molecule has 0 spiro atoms. The van der Waals surface area contributed by atoms with Gasteiger partial charge in [0.25, 0.3) is 5.91 Å². The van der Waals surface area contributed by atoms with E-state index >= 15 is 0 Å². The third-order valence-electron chi connectivity index (χ3n) is 3.69. The minimum atomic E-state index is -1.00. The van der Waals surface area contributed by atoms with Crippen LogP contribution in [-0.4, -0.2) is 23.6 Å². The number of rotatable bonds is 8. The summed E-state index contributed by atoms with van der Waals surface area (Å²) < 4.78 is 5.45. The minimum Gasteiger partial charge on any atom is -0.484 e. The molecule has 1 unspecified atom stereocenters. The second kappa shape index (κ2) is 9.08. The van der Waals surface area contributed by atoms with Crippen molar-refractivity contribution in [2.45, 2.75) is 25.8 Å². The van der Waals surface area contributed by atoms with Gasteiger partial charge in [-0.25, -0.2) is 0 Å². The van der Waals surface area contributed by atoms with E-state index in [9.17, 15) is 9.59 Å². The summed E-state index contributed by atoms with van der Waals surface area (Å²) in [5, 5.41) is 12.3. The number of aliphatic carboxylic acids is 1. The maximum atomic E-state index is 12.1. The number of nitrogens with one attached hydrogen (secondary N) is 1. The Hall–Kier alpha value is -2.53. The van der Waals surface area contributed by atoms with E-state index in [0.717, 1.165) is 6.42 Å². The first-order chi connectivity index (χ1) is 12.0.